The minimum absolute atomic E-state index is 0.137. The zero-order valence-electron chi connectivity index (χ0n) is 15.5. The zero-order valence-corrected chi connectivity index (χ0v) is 16.3. The van der Waals surface area contributed by atoms with Gasteiger partial charge in [-0.05, 0) is 47.8 Å². The lowest BCUT2D eigenvalue weighted by Crippen LogP contribution is -2.17. The smallest absolute Gasteiger partial charge is 0.449 e. The molecule has 158 valence electrons. The number of hydrogen-bond acceptors (Lipinski definition) is 5. The number of carbonyl (C=O) groups excluding carboxylic acids is 2. The molecule has 2 N–H and O–H groups in total. The molecular weight excluding hydrogens is 433 g/mol. The monoisotopic (exact) mass is 446 g/mol. The Balaban J connectivity index is 1.59. The van der Waals surface area contributed by atoms with Crippen molar-refractivity contribution in [1.82, 2.24) is 0 Å². The maximum atomic E-state index is 12.8. The van der Waals surface area contributed by atoms with Crippen LogP contribution in [0.3, 0.4) is 0 Å². The van der Waals surface area contributed by atoms with Gasteiger partial charge in [0.25, 0.3) is 11.8 Å². The van der Waals surface area contributed by atoms with Gasteiger partial charge in [0, 0.05) is 11.1 Å². The van der Waals surface area contributed by atoms with Gasteiger partial charge in [-0.3, -0.25) is 9.59 Å². The number of furan rings is 1. The summed E-state index contributed by atoms with van der Waals surface area (Å²) >= 11 is 1.25. The molecule has 0 fully saturated rings. The molecule has 0 radical (unpaired) electrons. The molecule has 0 saturated heterocycles. The highest BCUT2D eigenvalue weighted by Crippen LogP contribution is 2.32. The molecule has 4 rings (SSSR count). The first-order chi connectivity index (χ1) is 14.8. The van der Waals surface area contributed by atoms with E-state index < -0.39 is 23.9 Å². The molecule has 2 heterocycles. The molecule has 6 nitrogen and oxygen atoms in total. The molecule has 0 aliphatic heterocycles. The van der Waals surface area contributed by atoms with Crippen LogP contribution in [0.5, 0.6) is 5.75 Å². The van der Waals surface area contributed by atoms with Crippen LogP contribution >= 0.6 is 11.3 Å². The van der Waals surface area contributed by atoms with Gasteiger partial charge >= 0.3 is 6.36 Å². The predicted molar refractivity (Wildman–Crippen MR) is 110 cm³/mol. The van der Waals surface area contributed by atoms with Gasteiger partial charge < -0.3 is 19.8 Å². The van der Waals surface area contributed by atoms with Crippen molar-refractivity contribution in [2.24, 2.45) is 0 Å². The lowest BCUT2D eigenvalue weighted by Gasteiger charge is -2.10. The molecule has 0 aliphatic carbocycles. The number of halogens is 3. The van der Waals surface area contributed by atoms with E-state index in [4.69, 9.17) is 4.42 Å². The number of ether oxygens (including phenoxy) is 1. The van der Waals surface area contributed by atoms with Crippen molar-refractivity contribution in [3.8, 4) is 5.75 Å². The Labute approximate surface area is 177 Å². The van der Waals surface area contributed by atoms with E-state index in [-0.39, 0.29) is 17.1 Å². The molecule has 2 aromatic carbocycles. The fraction of sp³-hybridized carbons (Fsp3) is 0.0476. The third-order valence-electron chi connectivity index (χ3n) is 4.13. The third kappa shape index (κ3) is 4.69. The SMILES string of the molecule is O=C(Nc1c(C(=O)Nc2ccc(OC(F)(F)F)cc2)oc2ccccc12)c1cccs1. The molecule has 0 spiro atoms. The standard InChI is InChI=1S/C21H13F3N2O4S/c22-21(23,24)30-13-9-7-12(8-10-13)25-20(28)18-17(14-4-1-2-5-15(14)29-18)26-19(27)16-6-3-11-31-16/h1-11H,(H,25,28)(H,26,27). The molecule has 4 aromatic rings. The molecule has 10 heteroatoms. The summed E-state index contributed by atoms with van der Waals surface area (Å²) in [6.45, 7) is 0. The summed E-state index contributed by atoms with van der Waals surface area (Å²) in [6, 6.07) is 14.8. The summed E-state index contributed by atoms with van der Waals surface area (Å²) in [5, 5.41) is 7.53. The van der Waals surface area contributed by atoms with Crippen molar-refractivity contribution in [3.63, 3.8) is 0 Å². The van der Waals surface area contributed by atoms with Crippen molar-refractivity contribution in [2.45, 2.75) is 6.36 Å². The Kier molecular flexibility index (Phi) is 5.38. The summed E-state index contributed by atoms with van der Waals surface area (Å²) < 4.78 is 46.3. The van der Waals surface area contributed by atoms with Gasteiger partial charge in [-0.25, -0.2) is 0 Å². The van der Waals surface area contributed by atoms with Crippen LogP contribution in [-0.2, 0) is 0 Å². The third-order valence-corrected chi connectivity index (χ3v) is 5.00. The molecule has 0 unspecified atom stereocenters. The maximum absolute atomic E-state index is 12.8. The Morgan fingerprint density at radius 2 is 1.65 bits per heavy atom. The molecular formula is C21H13F3N2O4S. The van der Waals surface area contributed by atoms with E-state index in [9.17, 15) is 22.8 Å². The quantitative estimate of drug-likeness (QED) is 0.400. The average Bonchev–Trinajstić information content (AvgIpc) is 3.37. The fourth-order valence-electron chi connectivity index (χ4n) is 2.84. The first-order valence-corrected chi connectivity index (χ1v) is 9.72. The molecule has 0 bridgehead atoms. The van der Waals surface area contributed by atoms with Gasteiger partial charge in [0.1, 0.15) is 17.0 Å². The second kappa shape index (κ2) is 8.15. The van der Waals surface area contributed by atoms with Gasteiger partial charge in [0.05, 0.1) is 4.88 Å². The highest BCUT2D eigenvalue weighted by atomic mass is 32.1. The number of para-hydroxylation sites is 1. The average molecular weight is 446 g/mol. The summed E-state index contributed by atoms with van der Waals surface area (Å²) in [6.07, 6.45) is -4.81. The van der Waals surface area contributed by atoms with Crippen LogP contribution in [0.25, 0.3) is 11.0 Å². The summed E-state index contributed by atoms with van der Waals surface area (Å²) in [5.41, 5.74) is 0.807. The number of carbonyl (C=O) groups is 2. The summed E-state index contributed by atoms with van der Waals surface area (Å²) in [4.78, 5) is 25.8. The number of anilines is 2. The van der Waals surface area contributed by atoms with Crippen molar-refractivity contribution in [1.29, 1.82) is 0 Å². The van der Waals surface area contributed by atoms with Crippen molar-refractivity contribution < 1.29 is 31.9 Å². The van der Waals surface area contributed by atoms with Crippen LogP contribution < -0.4 is 15.4 Å². The summed E-state index contributed by atoms with van der Waals surface area (Å²) in [7, 11) is 0. The van der Waals surface area contributed by atoms with Gasteiger partial charge in [-0.1, -0.05) is 18.2 Å². The molecule has 0 aliphatic rings. The van der Waals surface area contributed by atoms with Gasteiger partial charge in [0.15, 0.2) is 0 Å². The minimum atomic E-state index is -4.81. The van der Waals surface area contributed by atoms with Gasteiger partial charge in [-0.15, -0.1) is 24.5 Å². The van der Waals surface area contributed by atoms with Crippen LogP contribution in [-0.4, -0.2) is 18.2 Å². The number of alkyl halides is 3. The van der Waals surface area contributed by atoms with Gasteiger partial charge in [0.2, 0.25) is 5.76 Å². The zero-order chi connectivity index (χ0) is 22.0. The number of benzene rings is 2. The van der Waals surface area contributed by atoms with E-state index in [0.29, 0.717) is 15.8 Å². The van der Waals surface area contributed by atoms with E-state index in [1.807, 2.05) is 0 Å². The van der Waals surface area contributed by atoms with Crippen molar-refractivity contribution in [3.05, 3.63) is 76.7 Å². The van der Waals surface area contributed by atoms with E-state index in [2.05, 4.69) is 15.4 Å². The van der Waals surface area contributed by atoms with E-state index in [1.54, 1.807) is 41.8 Å². The minimum Gasteiger partial charge on any atom is -0.449 e. The first kappa shape index (κ1) is 20.5. The number of rotatable bonds is 5. The first-order valence-electron chi connectivity index (χ1n) is 8.84. The van der Waals surface area contributed by atoms with Crippen molar-refractivity contribution in [2.75, 3.05) is 10.6 Å². The molecule has 31 heavy (non-hydrogen) atoms. The van der Waals surface area contributed by atoms with E-state index in [0.717, 1.165) is 12.1 Å². The molecule has 2 amide bonds. The molecule has 2 aromatic heterocycles. The number of nitrogens with one attached hydrogen (secondary N) is 2. The molecule has 0 saturated carbocycles. The Hall–Kier alpha value is -3.79. The van der Waals surface area contributed by atoms with E-state index in [1.165, 1.54) is 23.5 Å². The van der Waals surface area contributed by atoms with Crippen LogP contribution in [0.4, 0.5) is 24.5 Å². The number of thiophene rings is 1. The normalized spacial score (nSPS) is 11.3. The second-order valence-electron chi connectivity index (χ2n) is 6.26. The van der Waals surface area contributed by atoms with Crippen LogP contribution in [0.1, 0.15) is 20.2 Å². The Morgan fingerprint density at radius 1 is 0.903 bits per heavy atom. The fourth-order valence-corrected chi connectivity index (χ4v) is 3.46. The maximum Gasteiger partial charge on any atom is 0.573 e. The summed E-state index contributed by atoms with van der Waals surface area (Å²) in [5.74, 6) is -1.63. The molecule has 0 atom stereocenters. The number of fused-ring (bicyclic) bond motifs is 1. The van der Waals surface area contributed by atoms with Crippen molar-refractivity contribution >= 4 is 45.5 Å². The highest BCUT2D eigenvalue weighted by molar-refractivity contribution is 7.12. The number of hydrogen-bond donors (Lipinski definition) is 2. The lowest BCUT2D eigenvalue weighted by molar-refractivity contribution is -0.274. The van der Waals surface area contributed by atoms with Crippen LogP contribution in [0.2, 0.25) is 0 Å². The topological polar surface area (TPSA) is 80.6 Å². The van der Waals surface area contributed by atoms with E-state index >= 15 is 0 Å². The van der Waals surface area contributed by atoms with Gasteiger partial charge in [-0.2, -0.15) is 0 Å². The predicted octanol–water partition coefficient (Wildman–Crippen LogP) is 5.90. The number of amides is 2. The second-order valence-corrected chi connectivity index (χ2v) is 7.21. The Bertz CT molecular complexity index is 1230. The lowest BCUT2D eigenvalue weighted by atomic mass is 10.2. The highest BCUT2D eigenvalue weighted by Gasteiger charge is 2.31. The van der Waals surface area contributed by atoms with Crippen LogP contribution in [0, 0.1) is 0 Å². The largest absolute Gasteiger partial charge is 0.573 e. The van der Waals surface area contributed by atoms with Crippen LogP contribution in [0.15, 0.2) is 70.5 Å². The Morgan fingerprint density at radius 3 is 2.32 bits per heavy atom.